The van der Waals surface area contributed by atoms with Crippen LogP contribution in [0.2, 0.25) is 5.02 Å². The van der Waals surface area contributed by atoms with Gasteiger partial charge in [0.15, 0.2) is 0 Å². The first-order valence-corrected chi connectivity index (χ1v) is 7.01. The minimum atomic E-state index is -0.456. The maximum absolute atomic E-state index is 11.7. The van der Waals surface area contributed by atoms with E-state index in [1.165, 1.54) is 7.11 Å². The molecule has 0 aliphatic heterocycles. The summed E-state index contributed by atoms with van der Waals surface area (Å²) in [6.45, 7) is 0.367. The van der Waals surface area contributed by atoms with Gasteiger partial charge in [-0.1, -0.05) is 11.6 Å². The number of nitrogens with zero attached hydrogens (tertiary/aromatic N) is 1. The molecular formula is C16H16ClNO4. The zero-order valence-corrected chi connectivity index (χ0v) is 13.1. The third kappa shape index (κ3) is 4.11. The Bertz CT molecular complexity index is 643. The number of methoxy groups -OCH3 is 2. The molecular weight excluding hydrogens is 306 g/mol. The normalized spacial score (nSPS) is 10.1. The zero-order valence-electron chi connectivity index (χ0n) is 12.3. The topological polar surface area (TPSA) is 57.7 Å². The molecule has 0 saturated carbocycles. The number of ether oxygens (including phenoxy) is 3. The first kappa shape index (κ1) is 16.1. The molecule has 0 saturated heterocycles. The van der Waals surface area contributed by atoms with Crippen LogP contribution in [-0.2, 0) is 11.2 Å². The Morgan fingerprint density at radius 1 is 1.23 bits per heavy atom. The highest BCUT2D eigenvalue weighted by atomic mass is 35.5. The van der Waals surface area contributed by atoms with E-state index in [9.17, 15) is 4.79 Å². The smallest absolute Gasteiger partial charge is 0.341 e. The van der Waals surface area contributed by atoms with Crippen LogP contribution in [0.5, 0.6) is 11.5 Å². The summed E-state index contributed by atoms with van der Waals surface area (Å²) in [5.41, 5.74) is 1.21. The molecule has 1 aromatic heterocycles. The molecule has 1 aromatic carbocycles. The third-order valence-electron chi connectivity index (χ3n) is 3.00. The zero-order chi connectivity index (χ0) is 15.9. The molecule has 5 nitrogen and oxygen atoms in total. The molecule has 0 fully saturated rings. The van der Waals surface area contributed by atoms with Crippen molar-refractivity contribution in [3.05, 3.63) is 52.8 Å². The number of pyridine rings is 1. The Hall–Kier alpha value is -2.27. The van der Waals surface area contributed by atoms with E-state index in [0.29, 0.717) is 35.1 Å². The Kier molecular flexibility index (Phi) is 5.61. The van der Waals surface area contributed by atoms with E-state index in [1.54, 1.807) is 37.6 Å². The lowest BCUT2D eigenvalue weighted by Gasteiger charge is -2.11. The Morgan fingerprint density at radius 2 is 2.05 bits per heavy atom. The number of carbonyl (C=O) groups is 1. The van der Waals surface area contributed by atoms with Crippen molar-refractivity contribution in [3.63, 3.8) is 0 Å². The fourth-order valence-electron chi connectivity index (χ4n) is 1.85. The monoisotopic (exact) mass is 321 g/mol. The largest absolute Gasteiger partial charge is 0.497 e. The van der Waals surface area contributed by atoms with Crippen LogP contribution < -0.4 is 9.47 Å². The molecule has 2 rings (SSSR count). The van der Waals surface area contributed by atoms with E-state index < -0.39 is 5.97 Å². The molecule has 22 heavy (non-hydrogen) atoms. The van der Waals surface area contributed by atoms with Crippen LogP contribution in [0.1, 0.15) is 16.1 Å². The molecule has 0 aliphatic rings. The minimum absolute atomic E-state index is 0.354. The number of hydrogen-bond donors (Lipinski definition) is 0. The molecule has 0 unspecified atom stereocenters. The quantitative estimate of drug-likeness (QED) is 0.765. The second-order valence-electron chi connectivity index (χ2n) is 4.42. The first-order valence-electron chi connectivity index (χ1n) is 6.63. The van der Waals surface area contributed by atoms with Gasteiger partial charge in [0.2, 0.25) is 0 Å². The number of rotatable bonds is 6. The highest BCUT2D eigenvalue weighted by molar-refractivity contribution is 6.30. The summed E-state index contributed by atoms with van der Waals surface area (Å²) in [4.78, 5) is 15.9. The van der Waals surface area contributed by atoms with Gasteiger partial charge < -0.3 is 14.2 Å². The van der Waals surface area contributed by atoms with Gasteiger partial charge >= 0.3 is 5.97 Å². The summed E-state index contributed by atoms with van der Waals surface area (Å²) in [5.74, 6) is 0.565. The van der Waals surface area contributed by atoms with E-state index in [4.69, 9.17) is 25.8 Å². The average molecular weight is 322 g/mol. The number of esters is 1. The van der Waals surface area contributed by atoms with Crippen LogP contribution in [0.3, 0.4) is 0 Å². The van der Waals surface area contributed by atoms with Crippen LogP contribution in [-0.4, -0.2) is 31.8 Å². The molecule has 116 valence electrons. The van der Waals surface area contributed by atoms with Gasteiger partial charge in [-0.25, -0.2) is 4.79 Å². The number of benzene rings is 1. The molecule has 1 heterocycles. The Labute approximate surface area is 133 Å². The highest BCUT2D eigenvalue weighted by Crippen LogP contribution is 2.25. The standard InChI is InChI=1S/C16H16ClNO4/c1-20-13-5-6-14(16(19)21-2)15(9-13)22-8-7-12-4-3-11(17)10-18-12/h3-6,9-10H,7-8H2,1-2H3. The van der Waals surface area contributed by atoms with Crippen LogP contribution in [0.25, 0.3) is 0 Å². The van der Waals surface area contributed by atoms with Crippen molar-refractivity contribution in [2.75, 3.05) is 20.8 Å². The molecule has 0 amide bonds. The van der Waals surface area contributed by atoms with Gasteiger partial charge in [0, 0.05) is 24.4 Å². The number of aromatic nitrogens is 1. The van der Waals surface area contributed by atoms with E-state index >= 15 is 0 Å². The Morgan fingerprint density at radius 3 is 2.68 bits per heavy atom. The molecule has 0 N–H and O–H groups in total. The van der Waals surface area contributed by atoms with Crippen molar-refractivity contribution < 1.29 is 19.0 Å². The van der Waals surface area contributed by atoms with Gasteiger partial charge in [-0.05, 0) is 24.3 Å². The lowest BCUT2D eigenvalue weighted by molar-refractivity contribution is 0.0596. The van der Waals surface area contributed by atoms with Gasteiger partial charge in [-0.2, -0.15) is 0 Å². The summed E-state index contributed by atoms with van der Waals surface area (Å²) >= 11 is 5.79. The summed E-state index contributed by atoms with van der Waals surface area (Å²) in [5, 5.41) is 0.588. The van der Waals surface area contributed by atoms with Gasteiger partial charge in [-0.15, -0.1) is 0 Å². The molecule has 0 bridgehead atoms. The second kappa shape index (κ2) is 7.66. The second-order valence-corrected chi connectivity index (χ2v) is 4.86. The number of carbonyl (C=O) groups excluding carboxylic acids is 1. The van der Waals surface area contributed by atoms with Crippen molar-refractivity contribution in [2.45, 2.75) is 6.42 Å². The van der Waals surface area contributed by atoms with Crippen LogP contribution in [0, 0.1) is 0 Å². The summed E-state index contributed by atoms with van der Waals surface area (Å²) in [6.07, 6.45) is 2.18. The highest BCUT2D eigenvalue weighted by Gasteiger charge is 2.14. The summed E-state index contributed by atoms with van der Waals surface area (Å²) in [6, 6.07) is 8.55. The van der Waals surface area contributed by atoms with E-state index in [1.807, 2.05) is 6.07 Å². The SMILES string of the molecule is COC(=O)c1ccc(OC)cc1OCCc1ccc(Cl)cn1. The van der Waals surface area contributed by atoms with E-state index in [2.05, 4.69) is 4.98 Å². The van der Waals surface area contributed by atoms with E-state index in [-0.39, 0.29) is 0 Å². The van der Waals surface area contributed by atoms with Crippen molar-refractivity contribution in [1.29, 1.82) is 0 Å². The maximum Gasteiger partial charge on any atom is 0.341 e. The predicted molar refractivity (Wildman–Crippen MR) is 82.8 cm³/mol. The van der Waals surface area contributed by atoms with Gasteiger partial charge in [0.1, 0.15) is 17.1 Å². The fraction of sp³-hybridized carbons (Fsp3) is 0.250. The molecule has 2 aromatic rings. The molecule has 0 aliphatic carbocycles. The van der Waals surface area contributed by atoms with Gasteiger partial charge in [0.25, 0.3) is 0 Å². The van der Waals surface area contributed by atoms with E-state index in [0.717, 1.165) is 5.69 Å². The summed E-state index contributed by atoms with van der Waals surface area (Å²) in [7, 11) is 2.88. The van der Waals surface area contributed by atoms with Crippen LogP contribution >= 0.6 is 11.6 Å². The van der Waals surface area contributed by atoms with Crippen molar-refractivity contribution in [1.82, 2.24) is 4.98 Å². The minimum Gasteiger partial charge on any atom is -0.497 e. The number of halogens is 1. The molecule has 0 radical (unpaired) electrons. The van der Waals surface area contributed by atoms with Crippen LogP contribution in [0.15, 0.2) is 36.5 Å². The number of hydrogen-bond acceptors (Lipinski definition) is 5. The first-order chi connectivity index (χ1) is 10.6. The molecule has 0 spiro atoms. The average Bonchev–Trinajstić information content (AvgIpc) is 2.55. The molecule has 6 heteroatoms. The van der Waals surface area contributed by atoms with Crippen molar-refractivity contribution >= 4 is 17.6 Å². The fourth-order valence-corrected chi connectivity index (χ4v) is 1.96. The summed E-state index contributed by atoms with van der Waals surface area (Å²) < 4.78 is 15.6. The van der Waals surface area contributed by atoms with Crippen LogP contribution in [0.4, 0.5) is 0 Å². The van der Waals surface area contributed by atoms with Gasteiger partial charge in [-0.3, -0.25) is 4.98 Å². The molecule has 0 atom stereocenters. The Balaban J connectivity index is 2.07. The lowest BCUT2D eigenvalue weighted by Crippen LogP contribution is -2.08. The lowest BCUT2D eigenvalue weighted by atomic mass is 10.2. The maximum atomic E-state index is 11.7. The van der Waals surface area contributed by atoms with Crippen molar-refractivity contribution in [2.24, 2.45) is 0 Å². The van der Waals surface area contributed by atoms with Crippen molar-refractivity contribution in [3.8, 4) is 11.5 Å². The third-order valence-corrected chi connectivity index (χ3v) is 3.22. The predicted octanol–water partition coefficient (Wildman–Crippen LogP) is 3.15. The van der Waals surface area contributed by atoms with Gasteiger partial charge in [0.05, 0.1) is 25.8 Å².